The SMILES string of the molecule is C=C(CC)CC(O)Cc1c(C)cc(C(C)(C)C)cc1C. The van der Waals surface area contributed by atoms with Gasteiger partial charge in [-0.15, -0.1) is 0 Å². The van der Waals surface area contributed by atoms with E-state index in [2.05, 4.69) is 60.3 Å². The highest BCUT2D eigenvalue weighted by molar-refractivity contribution is 5.40. The summed E-state index contributed by atoms with van der Waals surface area (Å²) in [5, 5.41) is 10.2. The summed E-state index contributed by atoms with van der Waals surface area (Å²) in [6.07, 6.45) is 2.05. The van der Waals surface area contributed by atoms with E-state index in [1.807, 2.05) is 0 Å². The molecule has 1 N–H and O–H groups in total. The third kappa shape index (κ3) is 4.49. The lowest BCUT2D eigenvalue weighted by molar-refractivity contribution is 0.174. The fourth-order valence-corrected chi connectivity index (χ4v) is 2.53. The fraction of sp³-hybridized carbons (Fsp3) is 0.579. The topological polar surface area (TPSA) is 20.2 Å². The maximum atomic E-state index is 10.2. The van der Waals surface area contributed by atoms with E-state index >= 15 is 0 Å². The number of benzene rings is 1. The Bertz CT molecular complexity index is 454. The van der Waals surface area contributed by atoms with E-state index in [9.17, 15) is 5.11 Å². The van der Waals surface area contributed by atoms with Crippen LogP contribution in [-0.4, -0.2) is 11.2 Å². The van der Waals surface area contributed by atoms with Crippen LogP contribution in [0.15, 0.2) is 24.3 Å². The number of hydrogen-bond acceptors (Lipinski definition) is 1. The highest BCUT2D eigenvalue weighted by Crippen LogP contribution is 2.28. The Morgan fingerprint density at radius 2 is 1.70 bits per heavy atom. The third-order valence-electron chi connectivity index (χ3n) is 4.03. The first-order chi connectivity index (χ1) is 9.15. The van der Waals surface area contributed by atoms with Crippen molar-refractivity contribution in [1.82, 2.24) is 0 Å². The lowest BCUT2D eigenvalue weighted by Gasteiger charge is -2.23. The van der Waals surface area contributed by atoms with Gasteiger partial charge in [-0.2, -0.15) is 0 Å². The van der Waals surface area contributed by atoms with Crippen LogP contribution >= 0.6 is 0 Å². The number of aliphatic hydroxyl groups is 1. The molecule has 1 aromatic carbocycles. The first-order valence-electron chi connectivity index (χ1n) is 7.60. The molecule has 0 spiro atoms. The summed E-state index contributed by atoms with van der Waals surface area (Å²) in [4.78, 5) is 0. The van der Waals surface area contributed by atoms with Crippen molar-refractivity contribution in [2.24, 2.45) is 0 Å². The van der Waals surface area contributed by atoms with Crippen molar-refractivity contribution in [3.63, 3.8) is 0 Å². The van der Waals surface area contributed by atoms with Crippen LogP contribution in [0.3, 0.4) is 0 Å². The van der Waals surface area contributed by atoms with Crippen LogP contribution in [0.4, 0.5) is 0 Å². The Morgan fingerprint density at radius 3 is 2.10 bits per heavy atom. The molecule has 0 aliphatic rings. The molecule has 112 valence electrons. The molecular weight excluding hydrogens is 244 g/mol. The highest BCUT2D eigenvalue weighted by atomic mass is 16.3. The summed E-state index contributed by atoms with van der Waals surface area (Å²) in [6.45, 7) is 17.1. The predicted octanol–water partition coefficient (Wildman–Crippen LogP) is 4.86. The van der Waals surface area contributed by atoms with E-state index in [1.165, 1.54) is 22.3 Å². The van der Waals surface area contributed by atoms with E-state index in [0.717, 1.165) is 18.4 Å². The van der Waals surface area contributed by atoms with E-state index < -0.39 is 0 Å². The molecule has 0 heterocycles. The van der Waals surface area contributed by atoms with E-state index in [4.69, 9.17) is 0 Å². The molecule has 1 aromatic rings. The van der Waals surface area contributed by atoms with Crippen LogP contribution < -0.4 is 0 Å². The van der Waals surface area contributed by atoms with Crippen molar-refractivity contribution in [3.05, 3.63) is 46.5 Å². The van der Waals surface area contributed by atoms with Gasteiger partial charge in [-0.25, -0.2) is 0 Å². The molecular formula is C19H30O. The molecule has 20 heavy (non-hydrogen) atoms. The molecule has 0 saturated heterocycles. The van der Waals surface area contributed by atoms with Gasteiger partial charge in [0.25, 0.3) is 0 Å². The van der Waals surface area contributed by atoms with E-state index in [0.29, 0.717) is 6.42 Å². The second kappa shape index (κ2) is 6.58. The average molecular weight is 274 g/mol. The maximum absolute atomic E-state index is 10.2. The van der Waals surface area contributed by atoms with Crippen LogP contribution in [0.5, 0.6) is 0 Å². The van der Waals surface area contributed by atoms with Gasteiger partial charge >= 0.3 is 0 Å². The zero-order valence-corrected chi connectivity index (χ0v) is 14.0. The number of hydrogen-bond donors (Lipinski definition) is 1. The molecule has 1 heteroatoms. The summed E-state index contributed by atoms with van der Waals surface area (Å²) >= 11 is 0. The predicted molar refractivity (Wildman–Crippen MR) is 88.4 cm³/mol. The highest BCUT2D eigenvalue weighted by Gasteiger charge is 2.17. The van der Waals surface area contributed by atoms with Gasteiger partial charge in [-0.05, 0) is 60.8 Å². The average Bonchev–Trinajstić information content (AvgIpc) is 2.32. The van der Waals surface area contributed by atoms with E-state index in [1.54, 1.807) is 0 Å². The number of rotatable bonds is 5. The minimum Gasteiger partial charge on any atom is -0.392 e. The zero-order valence-electron chi connectivity index (χ0n) is 14.0. The lowest BCUT2D eigenvalue weighted by atomic mass is 9.83. The van der Waals surface area contributed by atoms with Gasteiger partial charge < -0.3 is 5.11 Å². The molecule has 0 aliphatic carbocycles. The van der Waals surface area contributed by atoms with E-state index in [-0.39, 0.29) is 11.5 Å². The second-order valence-electron chi connectivity index (χ2n) is 7.00. The number of aryl methyl sites for hydroxylation is 2. The van der Waals surface area contributed by atoms with Crippen LogP contribution in [0.25, 0.3) is 0 Å². The van der Waals surface area contributed by atoms with Gasteiger partial charge in [0.2, 0.25) is 0 Å². The largest absolute Gasteiger partial charge is 0.392 e. The van der Waals surface area contributed by atoms with Gasteiger partial charge in [0.15, 0.2) is 0 Å². The first kappa shape index (κ1) is 17.0. The van der Waals surface area contributed by atoms with Gasteiger partial charge in [-0.1, -0.05) is 52.0 Å². The fourth-order valence-electron chi connectivity index (χ4n) is 2.53. The van der Waals surface area contributed by atoms with Gasteiger partial charge in [0, 0.05) is 0 Å². The first-order valence-corrected chi connectivity index (χ1v) is 7.60. The van der Waals surface area contributed by atoms with Crippen LogP contribution in [0.2, 0.25) is 0 Å². The number of aliphatic hydroxyl groups excluding tert-OH is 1. The molecule has 1 unspecified atom stereocenters. The third-order valence-corrected chi connectivity index (χ3v) is 4.03. The Kier molecular flexibility index (Phi) is 5.59. The monoisotopic (exact) mass is 274 g/mol. The molecule has 0 aliphatic heterocycles. The Balaban J connectivity index is 2.95. The van der Waals surface area contributed by atoms with Crippen molar-refractivity contribution >= 4 is 0 Å². The minimum absolute atomic E-state index is 0.170. The van der Waals surface area contributed by atoms with Crippen LogP contribution in [0, 0.1) is 13.8 Å². The Labute approximate surface area is 124 Å². The molecule has 0 aromatic heterocycles. The summed E-state index contributed by atoms with van der Waals surface area (Å²) < 4.78 is 0. The Hall–Kier alpha value is -1.08. The van der Waals surface area contributed by atoms with Gasteiger partial charge in [-0.3, -0.25) is 0 Å². The molecule has 0 bridgehead atoms. The maximum Gasteiger partial charge on any atom is 0.0617 e. The minimum atomic E-state index is -0.319. The molecule has 0 saturated carbocycles. The standard InChI is InChI=1S/C19H30O/c1-8-13(2)9-17(20)12-18-14(3)10-16(11-15(18)4)19(5,6)7/h10-11,17,20H,2,8-9,12H2,1,3-7H3. The van der Waals surface area contributed by atoms with Crippen molar-refractivity contribution in [3.8, 4) is 0 Å². The van der Waals surface area contributed by atoms with Crippen molar-refractivity contribution in [1.29, 1.82) is 0 Å². The van der Waals surface area contributed by atoms with Crippen molar-refractivity contribution < 1.29 is 5.11 Å². The molecule has 0 amide bonds. The van der Waals surface area contributed by atoms with Crippen molar-refractivity contribution in [2.75, 3.05) is 0 Å². The quantitative estimate of drug-likeness (QED) is 0.760. The van der Waals surface area contributed by atoms with Crippen molar-refractivity contribution in [2.45, 2.75) is 72.3 Å². The van der Waals surface area contributed by atoms with Gasteiger partial charge in [0.1, 0.15) is 0 Å². The summed E-state index contributed by atoms with van der Waals surface area (Å²) in [6, 6.07) is 4.54. The van der Waals surface area contributed by atoms with Crippen LogP contribution in [-0.2, 0) is 11.8 Å². The smallest absolute Gasteiger partial charge is 0.0617 e. The molecule has 0 fully saturated rings. The normalized spacial score (nSPS) is 13.3. The molecule has 1 atom stereocenters. The summed E-state index contributed by atoms with van der Waals surface area (Å²) in [5.74, 6) is 0. The molecule has 1 nitrogen and oxygen atoms in total. The Morgan fingerprint density at radius 1 is 1.20 bits per heavy atom. The second-order valence-corrected chi connectivity index (χ2v) is 7.00. The van der Waals surface area contributed by atoms with Crippen LogP contribution in [0.1, 0.15) is 62.8 Å². The lowest BCUT2D eigenvalue weighted by Crippen LogP contribution is -2.16. The molecule has 1 rings (SSSR count). The molecule has 0 radical (unpaired) electrons. The summed E-state index contributed by atoms with van der Waals surface area (Å²) in [7, 11) is 0. The zero-order chi connectivity index (χ0) is 15.5. The summed E-state index contributed by atoms with van der Waals surface area (Å²) in [5.41, 5.74) is 6.52. The van der Waals surface area contributed by atoms with Gasteiger partial charge in [0.05, 0.1) is 6.10 Å².